The summed E-state index contributed by atoms with van der Waals surface area (Å²) in [6, 6.07) is 0. The highest BCUT2D eigenvalue weighted by Gasteiger charge is 2.55. The fourth-order valence-electron chi connectivity index (χ4n) is 7.27. The van der Waals surface area contributed by atoms with Crippen molar-refractivity contribution < 1.29 is 34.3 Å². The molecule has 3 N–H and O–H groups in total. The van der Waals surface area contributed by atoms with Gasteiger partial charge in [-0.15, -0.1) is 0 Å². The second-order valence-corrected chi connectivity index (χ2v) is 15.8. The molecule has 4 aliphatic heterocycles. The fourth-order valence-corrected chi connectivity index (χ4v) is 7.60. The lowest BCUT2D eigenvalue weighted by Crippen LogP contribution is -2.63. The second-order valence-electron chi connectivity index (χ2n) is 14.7. The molecule has 7 nitrogen and oxygen atoms in total. The number of aliphatic hydroxyl groups is 3. The fraction of sp³-hybridized carbons (Fsp3) is 1.00. The van der Waals surface area contributed by atoms with Crippen LogP contribution in [0.5, 0.6) is 0 Å². The third-order valence-electron chi connectivity index (χ3n) is 10.3. The molecule has 4 aliphatic rings. The van der Waals surface area contributed by atoms with Crippen LogP contribution in [0.2, 0.25) is 0 Å². The lowest BCUT2D eigenvalue weighted by atomic mass is 9.75. The van der Waals surface area contributed by atoms with Crippen LogP contribution >= 0.6 is 15.9 Å². The van der Waals surface area contributed by atoms with Crippen LogP contribution in [0.3, 0.4) is 0 Å². The number of halogens is 1. The Morgan fingerprint density at radius 1 is 0.816 bits per heavy atom. The Bertz CT molecular complexity index is 843. The number of hydrogen-bond donors (Lipinski definition) is 3. The summed E-state index contributed by atoms with van der Waals surface area (Å²) in [5, 5.41) is 32.9. The first-order valence-corrected chi connectivity index (χ1v) is 15.7. The molecule has 0 bridgehead atoms. The van der Waals surface area contributed by atoms with Crippen LogP contribution in [0.15, 0.2) is 0 Å². The molecular weight excluding hydrogens is 552 g/mol. The van der Waals surface area contributed by atoms with Gasteiger partial charge in [0.15, 0.2) is 0 Å². The van der Waals surface area contributed by atoms with Crippen molar-refractivity contribution in [2.45, 2.75) is 189 Å². The lowest BCUT2D eigenvalue weighted by molar-refractivity contribution is -0.301. The Kier molecular flexibility index (Phi) is 8.59. The molecule has 4 fully saturated rings. The highest BCUT2D eigenvalue weighted by Crippen LogP contribution is 2.49. The topological polar surface area (TPSA) is 97.6 Å². The maximum atomic E-state index is 11.5. The van der Waals surface area contributed by atoms with Gasteiger partial charge in [-0.05, 0) is 120 Å². The van der Waals surface area contributed by atoms with E-state index in [2.05, 4.69) is 43.6 Å². The molecule has 2 unspecified atom stereocenters. The molecule has 0 spiro atoms. The minimum Gasteiger partial charge on any atom is -0.390 e. The number of rotatable bonds is 7. The van der Waals surface area contributed by atoms with Crippen molar-refractivity contribution in [1.82, 2.24) is 0 Å². The molecule has 38 heavy (non-hydrogen) atoms. The van der Waals surface area contributed by atoms with Crippen LogP contribution in [0.1, 0.15) is 120 Å². The quantitative estimate of drug-likeness (QED) is 0.344. The second kappa shape index (κ2) is 10.5. The van der Waals surface area contributed by atoms with E-state index >= 15 is 0 Å². The Morgan fingerprint density at radius 3 is 2.05 bits per heavy atom. The molecule has 222 valence electrons. The van der Waals surface area contributed by atoms with E-state index in [4.69, 9.17) is 18.9 Å². The molecule has 0 aromatic rings. The molecule has 10 atom stereocenters. The standard InChI is InChI=1S/C30H53BrO7/c1-25(2,33)21-13-17-28(6,36-21)20(32)12-15-27(5,34)22-9-10-23-29(7,37-22)18-14-24(35-23)30(8)16-11-19(31)26(3,4)38-30/h19-24,32-34H,9-18H2,1-8H3/t19?,20-,21-,22?,23+,24+,27+,28-,29-,30-/m1/s1. The number of aliphatic hydroxyl groups excluding tert-OH is 1. The monoisotopic (exact) mass is 604 g/mol. The number of fused-ring (bicyclic) bond motifs is 1. The van der Waals surface area contributed by atoms with Gasteiger partial charge in [-0.1, -0.05) is 15.9 Å². The summed E-state index contributed by atoms with van der Waals surface area (Å²) in [6.45, 7) is 15.8. The molecule has 4 heterocycles. The van der Waals surface area contributed by atoms with Crippen molar-refractivity contribution in [3.05, 3.63) is 0 Å². The van der Waals surface area contributed by atoms with Gasteiger partial charge in [0.25, 0.3) is 0 Å². The zero-order chi connectivity index (χ0) is 28.4. The van der Waals surface area contributed by atoms with Crippen molar-refractivity contribution in [2.24, 2.45) is 0 Å². The van der Waals surface area contributed by atoms with Crippen LogP contribution in [0.25, 0.3) is 0 Å². The first-order chi connectivity index (χ1) is 17.3. The molecule has 0 amide bonds. The zero-order valence-electron chi connectivity index (χ0n) is 24.9. The molecule has 4 rings (SSSR count). The molecule has 0 saturated carbocycles. The summed E-state index contributed by atoms with van der Waals surface area (Å²) in [5.41, 5.74) is -3.78. The third-order valence-corrected chi connectivity index (χ3v) is 11.8. The SMILES string of the molecule is CC1(C)O[C@@](C)([C@@H]2CC[C@@]3(C)OC([C@@](C)(O)CC[C@@H](O)[C@@]4(C)CC[C@H](C(C)(C)O)O4)CC[C@@H]3O2)CCC1Br. The zero-order valence-corrected chi connectivity index (χ0v) is 26.5. The van der Waals surface area contributed by atoms with E-state index in [-0.39, 0.29) is 35.6 Å². The molecule has 8 heteroatoms. The van der Waals surface area contributed by atoms with Crippen LogP contribution in [0, 0.1) is 0 Å². The summed E-state index contributed by atoms with van der Waals surface area (Å²) < 4.78 is 26.1. The highest BCUT2D eigenvalue weighted by molar-refractivity contribution is 9.09. The van der Waals surface area contributed by atoms with Gasteiger partial charge >= 0.3 is 0 Å². The molecular formula is C30H53BrO7. The van der Waals surface area contributed by atoms with E-state index < -0.39 is 28.5 Å². The van der Waals surface area contributed by atoms with Gasteiger partial charge in [0.1, 0.15) is 0 Å². The predicted octanol–water partition coefficient (Wildman–Crippen LogP) is 5.18. The van der Waals surface area contributed by atoms with Crippen molar-refractivity contribution in [3.63, 3.8) is 0 Å². The maximum Gasteiger partial charge on any atom is 0.0923 e. The van der Waals surface area contributed by atoms with Gasteiger partial charge in [-0.25, -0.2) is 0 Å². The van der Waals surface area contributed by atoms with E-state index in [1.165, 1.54) is 0 Å². The van der Waals surface area contributed by atoms with Crippen molar-refractivity contribution in [3.8, 4) is 0 Å². The van der Waals surface area contributed by atoms with Crippen molar-refractivity contribution in [1.29, 1.82) is 0 Å². The van der Waals surface area contributed by atoms with Crippen molar-refractivity contribution >= 4 is 15.9 Å². The summed E-state index contributed by atoms with van der Waals surface area (Å²) in [5.74, 6) is 0. The first-order valence-electron chi connectivity index (χ1n) is 14.8. The lowest BCUT2D eigenvalue weighted by Gasteiger charge is -2.56. The molecule has 0 aromatic heterocycles. The van der Waals surface area contributed by atoms with Gasteiger partial charge in [0.2, 0.25) is 0 Å². The molecule has 4 saturated heterocycles. The average molecular weight is 606 g/mol. The van der Waals surface area contributed by atoms with E-state index in [0.29, 0.717) is 36.9 Å². The van der Waals surface area contributed by atoms with Gasteiger partial charge in [0.05, 0.1) is 64.1 Å². The summed E-state index contributed by atoms with van der Waals surface area (Å²) in [6.07, 6.45) is 6.09. The van der Waals surface area contributed by atoms with Crippen molar-refractivity contribution in [2.75, 3.05) is 0 Å². The number of alkyl halides is 1. The Morgan fingerprint density at radius 2 is 1.45 bits per heavy atom. The van der Waals surface area contributed by atoms with Gasteiger partial charge in [-0.2, -0.15) is 0 Å². The summed E-state index contributed by atoms with van der Waals surface area (Å²) in [7, 11) is 0. The van der Waals surface area contributed by atoms with E-state index in [1.54, 1.807) is 13.8 Å². The van der Waals surface area contributed by atoms with Gasteiger partial charge in [-0.3, -0.25) is 0 Å². The normalized spacial score (nSPS) is 46.3. The number of hydrogen-bond acceptors (Lipinski definition) is 7. The van der Waals surface area contributed by atoms with Gasteiger partial charge < -0.3 is 34.3 Å². The summed E-state index contributed by atoms with van der Waals surface area (Å²) >= 11 is 3.79. The third kappa shape index (κ3) is 6.18. The Hall–Kier alpha value is 0.200. The van der Waals surface area contributed by atoms with E-state index in [0.717, 1.165) is 32.1 Å². The first kappa shape index (κ1) is 31.1. The van der Waals surface area contributed by atoms with E-state index in [1.807, 2.05) is 13.8 Å². The molecule has 0 aliphatic carbocycles. The Labute approximate surface area is 238 Å². The average Bonchev–Trinajstić information content (AvgIpc) is 3.23. The van der Waals surface area contributed by atoms with Gasteiger partial charge in [0, 0.05) is 4.83 Å². The minimum atomic E-state index is -1.08. The van der Waals surface area contributed by atoms with E-state index in [9.17, 15) is 15.3 Å². The van der Waals surface area contributed by atoms with Crippen LogP contribution in [-0.4, -0.2) is 84.3 Å². The van der Waals surface area contributed by atoms with Crippen LogP contribution in [0.4, 0.5) is 0 Å². The van der Waals surface area contributed by atoms with Crippen LogP contribution in [-0.2, 0) is 18.9 Å². The Balaban J connectivity index is 1.33. The number of ether oxygens (including phenoxy) is 4. The molecule has 0 aromatic carbocycles. The maximum absolute atomic E-state index is 11.5. The predicted molar refractivity (Wildman–Crippen MR) is 151 cm³/mol. The minimum absolute atomic E-state index is 0.0236. The summed E-state index contributed by atoms with van der Waals surface area (Å²) in [4.78, 5) is 0.335. The largest absolute Gasteiger partial charge is 0.390 e. The van der Waals surface area contributed by atoms with Crippen LogP contribution < -0.4 is 0 Å². The highest BCUT2D eigenvalue weighted by atomic mass is 79.9. The molecule has 0 radical (unpaired) electrons. The smallest absolute Gasteiger partial charge is 0.0923 e.